The van der Waals surface area contributed by atoms with Gasteiger partial charge in [0.1, 0.15) is 0 Å². The molecule has 2 aromatic heterocycles. The van der Waals surface area contributed by atoms with Crippen molar-refractivity contribution in [1.29, 1.82) is 0 Å². The van der Waals surface area contributed by atoms with Crippen molar-refractivity contribution in [3.05, 3.63) is 43.2 Å². The number of carbonyl (C=O) groups is 2. The molecule has 0 saturated carbocycles. The number of hydrogen-bond acceptors (Lipinski definition) is 4. The third-order valence-electron chi connectivity index (χ3n) is 2.73. The quantitative estimate of drug-likeness (QED) is 0.822. The summed E-state index contributed by atoms with van der Waals surface area (Å²) >= 11 is 6.21. The molecule has 112 valence electrons. The number of hydrogen-bond donors (Lipinski definition) is 2. The average molecular weight is 389 g/mol. The van der Waals surface area contributed by atoms with Crippen LogP contribution in [0.4, 0.5) is 4.79 Å². The zero-order chi connectivity index (χ0) is 15.4. The summed E-state index contributed by atoms with van der Waals surface area (Å²) in [5.41, 5.74) is 0.993. The van der Waals surface area contributed by atoms with Crippen molar-refractivity contribution in [1.82, 2.24) is 10.2 Å². The number of thiophene rings is 2. The van der Waals surface area contributed by atoms with Crippen molar-refractivity contribution in [3.63, 3.8) is 0 Å². The molecule has 2 heterocycles. The Hall–Kier alpha value is -1.38. The fraction of sp³-hybridized carbons (Fsp3) is 0.231. The average Bonchev–Trinajstić information content (AvgIpc) is 3.07. The van der Waals surface area contributed by atoms with Crippen LogP contribution in [-0.2, 0) is 11.3 Å². The summed E-state index contributed by atoms with van der Waals surface area (Å²) < 4.78 is 0.994. The Kier molecular flexibility index (Phi) is 5.38. The lowest BCUT2D eigenvalue weighted by atomic mass is 10.2. The minimum Gasteiger partial charge on any atom is -0.479 e. The molecule has 0 spiro atoms. The number of aliphatic carboxylic acids is 1. The first-order valence-electron chi connectivity index (χ1n) is 5.98. The molecular formula is C13H13BrN2O3S2. The Labute approximate surface area is 138 Å². The standard InChI is InChI=1S/C13H13BrN2O3S2/c1-16(6-8-5-10(14)21-7-8)13(19)15-11(12(17)18)9-3-2-4-20-9/h2-5,7,11H,6H2,1H3,(H,15,19)(H,17,18). The van der Waals surface area contributed by atoms with Crippen LogP contribution in [0.15, 0.2) is 32.7 Å². The van der Waals surface area contributed by atoms with Crippen molar-refractivity contribution >= 4 is 50.6 Å². The van der Waals surface area contributed by atoms with E-state index in [4.69, 9.17) is 0 Å². The molecule has 8 heteroatoms. The van der Waals surface area contributed by atoms with Crippen LogP contribution < -0.4 is 5.32 Å². The molecule has 0 bridgehead atoms. The number of amides is 2. The molecule has 0 fully saturated rings. The minimum atomic E-state index is -1.07. The lowest BCUT2D eigenvalue weighted by Crippen LogP contribution is -2.41. The van der Waals surface area contributed by atoms with Gasteiger partial charge in [0, 0.05) is 18.5 Å². The van der Waals surface area contributed by atoms with Crippen LogP contribution in [0, 0.1) is 0 Å². The molecule has 0 radical (unpaired) electrons. The highest BCUT2D eigenvalue weighted by Gasteiger charge is 2.24. The maximum atomic E-state index is 12.1. The van der Waals surface area contributed by atoms with Gasteiger partial charge in [-0.2, -0.15) is 0 Å². The van der Waals surface area contributed by atoms with Crippen LogP contribution in [0.5, 0.6) is 0 Å². The van der Waals surface area contributed by atoms with Gasteiger partial charge < -0.3 is 15.3 Å². The summed E-state index contributed by atoms with van der Waals surface area (Å²) in [5, 5.41) is 15.5. The van der Waals surface area contributed by atoms with Crippen molar-refractivity contribution in [2.24, 2.45) is 0 Å². The highest BCUT2D eigenvalue weighted by Crippen LogP contribution is 2.22. The normalized spacial score (nSPS) is 11.9. The van der Waals surface area contributed by atoms with Crippen LogP contribution in [0.1, 0.15) is 16.5 Å². The minimum absolute atomic E-state index is 0.418. The highest BCUT2D eigenvalue weighted by molar-refractivity contribution is 9.11. The lowest BCUT2D eigenvalue weighted by molar-refractivity contribution is -0.139. The molecule has 21 heavy (non-hydrogen) atoms. The van der Waals surface area contributed by atoms with E-state index in [2.05, 4.69) is 21.2 Å². The van der Waals surface area contributed by atoms with Crippen molar-refractivity contribution in [3.8, 4) is 0 Å². The van der Waals surface area contributed by atoms with Crippen molar-refractivity contribution < 1.29 is 14.7 Å². The molecule has 1 unspecified atom stereocenters. The van der Waals surface area contributed by atoms with Gasteiger partial charge in [0.2, 0.25) is 0 Å². The van der Waals surface area contributed by atoms with E-state index in [9.17, 15) is 14.7 Å². The van der Waals surface area contributed by atoms with Crippen molar-refractivity contribution in [2.45, 2.75) is 12.6 Å². The van der Waals surface area contributed by atoms with Crippen molar-refractivity contribution in [2.75, 3.05) is 7.05 Å². The molecule has 2 N–H and O–H groups in total. The summed E-state index contributed by atoms with van der Waals surface area (Å²) in [5.74, 6) is -1.07. The number of nitrogens with one attached hydrogen (secondary N) is 1. The molecule has 1 atom stereocenters. The van der Waals surface area contributed by atoms with Crippen LogP contribution in [0.25, 0.3) is 0 Å². The van der Waals surface area contributed by atoms with Crippen LogP contribution in [-0.4, -0.2) is 29.1 Å². The van der Waals surface area contributed by atoms with E-state index in [1.165, 1.54) is 16.2 Å². The Bertz CT molecular complexity index is 627. The summed E-state index contributed by atoms with van der Waals surface area (Å²) in [6.45, 7) is 0.421. The smallest absolute Gasteiger partial charge is 0.331 e. The summed E-state index contributed by atoms with van der Waals surface area (Å²) in [4.78, 5) is 25.5. The topological polar surface area (TPSA) is 69.6 Å². The Balaban J connectivity index is 2.00. The molecule has 2 aromatic rings. The Morgan fingerprint density at radius 2 is 2.24 bits per heavy atom. The van der Waals surface area contributed by atoms with E-state index in [0.717, 1.165) is 9.35 Å². The lowest BCUT2D eigenvalue weighted by Gasteiger charge is -2.20. The number of urea groups is 1. The summed E-state index contributed by atoms with van der Waals surface area (Å²) in [7, 11) is 1.63. The van der Waals surface area contributed by atoms with Gasteiger partial charge in [-0.05, 0) is 44.4 Å². The second kappa shape index (κ2) is 7.06. The SMILES string of the molecule is CN(Cc1csc(Br)c1)C(=O)NC(C(=O)O)c1cccs1. The van der Waals surface area contributed by atoms with Gasteiger partial charge >= 0.3 is 12.0 Å². The highest BCUT2D eigenvalue weighted by atomic mass is 79.9. The number of carbonyl (C=O) groups excluding carboxylic acids is 1. The van der Waals surface area contributed by atoms with Gasteiger partial charge in [0.05, 0.1) is 3.79 Å². The van der Waals surface area contributed by atoms with Crippen LogP contribution in [0.3, 0.4) is 0 Å². The first-order valence-corrected chi connectivity index (χ1v) is 8.53. The molecule has 0 aromatic carbocycles. The molecule has 0 aliphatic carbocycles. The molecule has 5 nitrogen and oxygen atoms in total. The van der Waals surface area contributed by atoms with E-state index < -0.39 is 18.0 Å². The first-order chi connectivity index (χ1) is 9.97. The molecule has 0 aliphatic heterocycles. The summed E-state index contributed by atoms with van der Waals surface area (Å²) in [6, 6.07) is 3.95. The zero-order valence-corrected chi connectivity index (χ0v) is 14.3. The molecule has 2 amide bonds. The van der Waals surface area contributed by atoms with Gasteiger partial charge in [0.25, 0.3) is 0 Å². The maximum absolute atomic E-state index is 12.1. The Morgan fingerprint density at radius 3 is 2.76 bits per heavy atom. The third-order valence-corrected chi connectivity index (χ3v) is 5.22. The number of carboxylic acids is 1. The molecule has 0 aliphatic rings. The Morgan fingerprint density at radius 1 is 1.48 bits per heavy atom. The van der Waals surface area contributed by atoms with Gasteiger partial charge in [-0.3, -0.25) is 0 Å². The van der Waals surface area contributed by atoms with E-state index in [0.29, 0.717) is 11.4 Å². The number of carboxylic acid groups (broad SMARTS) is 1. The van der Waals surface area contributed by atoms with E-state index in [-0.39, 0.29) is 0 Å². The van der Waals surface area contributed by atoms with E-state index >= 15 is 0 Å². The third kappa shape index (κ3) is 4.29. The zero-order valence-electron chi connectivity index (χ0n) is 11.1. The fourth-order valence-electron chi connectivity index (χ4n) is 1.72. The number of nitrogens with zero attached hydrogens (tertiary/aromatic N) is 1. The maximum Gasteiger partial charge on any atom is 0.331 e. The van der Waals surface area contributed by atoms with Crippen LogP contribution in [0.2, 0.25) is 0 Å². The van der Waals surface area contributed by atoms with Gasteiger partial charge in [-0.1, -0.05) is 6.07 Å². The van der Waals surface area contributed by atoms with Gasteiger partial charge in [-0.15, -0.1) is 22.7 Å². The monoisotopic (exact) mass is 388 g/mol. The van der Waals surface area contributed by atoms with E-state index in [1.54, 1.807) is 35.9 Å². The predicted molar refractivity (Wildman–Crippen MR) is 86.7 cm³/mol. The fourth-order valence-corrected chi connectivity index (χ4v) is 3.69. The summed E-state index contributed by atoms with van der Waals surface area (Å²) in [6.07, 6.45) is 0. The second-order valence-electron chi connectivity index (χ2n) is 4.35. The van der Waals surface area contributed by atoms with Gasteiger partial charge in [0.15, 0.2) is 6.04 Å². The first kappa shape index (κ1) is 16.0. The molecular weight excluding hydrogens is 376 g/mol. The number of rotatable bonds is 5. The predicted octanol–water partition coefficient (Wildman–Crippen LogP) is 3.54. The number of halogens is 1. The van der Waals surface area contributed by atoms with Gasteiger partial charge in [-0.25, -0.2) is 9.59 Å². The molecule has 2 rings (SSSR count). The second-order valence-corrected chi connectivity index (χ2v) is 7.62. The largest absolute Gasteiger partial charge is 0.479 e. The molecule has 0 saturated heterocycles. The van der Waals surface area contributed by atoms with E-state index in [1.807, 2.05) is 11.4 Å². The van der Waals surface area contributed by atoms with Crippen LogP contribution >= 0.6 is 38.6 Å².